The molecule has 1 aromatic carbocycles. The van der Waals surface area contributed by atoms with Crippen LogP contribution < -0.4 is 4.90 Å². The lowest BCUT2D eigenvalue weighted by Gasteiger charge is -2.42. The van der Waals surface area contributed by atoms with Crippen molar-refractivity contribution < 1.29 is 0 Å². The molecule has 4 rings (SSSR count). The van der Waals surface area contributed by atoms with Crippen LogP contribution in [-0.2, 0) is 0 Å². The summed E-state index contributed by atoms with van der Waals surface area (Å²) in [5, 5.41) is 4.77. The molecule has 0 amide bonds. The number of hydrogen-bond acceptors (Lipinski definition) is 4. The normalized spacial score (nSPS) is 21.6. The number of benzene rings is 1. The Morgan fingerprint density at radius 3 is 2.86 bits per heavy atom. The summed E-state index contributed by atoms with van der Waals surface area (Å²) in [6.45, 7) is 4.72. The topological polar surface area (TPSA) is 9.72 Å². The zero-order valence-electron chi connectivity index (χ0n) is 13.2. The van der Waals surface area contributed by atoms with Crippen LogP contribution in [0.3, 0.4) is 0 Å². The molecule has 1 fully saturated rings. The van der Waals surface area contributed by atoms with Crippen LogP contribution in [0.25, 0.3) is 0 Å². The summed E-state index contributed by atoms with van der Waals surface area (Å²) in [6, 6.07) is 8.85. The first-order valence-corrected chi connectivity index (χ1v) is 9.05. The molecule has 0 atom stereocenters. The molecule has 3 aliphatic rings. The van der Waals surface area contributed by atoms with Crippen LogP contribution in [0.5, 0.6) is 0 Å². The van der Waals surface area contributed by atoms with Crippen LogP contribution in [0.2, 0.25) is 0 Å². The highest BCUT2D eigenvalue weighted by atomic mass is 32.2. The quantitative estimate of drug-likeness (QED) is 0.838. The van der Waals surface area contributed by atoms with Crippen molar-refractivity contribution in [3.8, 4) is 0 Å². The van der Waals surface area contributed by atoms with Gasteiger partial charge in [-0.15, -0.1) is 0 Å². The highest BCUT2D eigenvalue weighted by molar-refractivity contribution is 8.03. The predicted molar refractivity (Wildman–Crippen MR) is 93.9 cm³/mol. The lowest BCUT2D eigenvalue weighted by Crippen LogP contribution is -2.55. The van der Waals surface area contributed by atoms with Gasteiger partial charge in [-0.3, -0.25) is 0 Å². The highest BCUT2D eigenvalue weighted by Gasteiger charge is 2.26. The third-order valence-corrected chi connectivity index (χ3v) is 5.92. The minimum Gasteiger partial charge on any atom is -0.343 e. The Labute approximate surface area is 137 Å². The molecule has 0 bridgehead atoms. The molecule has 0 unspecified atom stereocenters. The Balaban J connectivity index is 1.52. The summed E-state index contributed by atoms with van der Waals surface area (Å²) in [7, 11) is 2.18. The minimum absolute atomic E-state index is 1.12. The molecule has 0 saturated carbocycles. The zero-order chi connectivity index (χ0) is 14.9. The number of anilines is 1. The number of hydrazine groups is 1. The van der Waals surface area contributed by atoms with Crippen LogP contribution >= 0.6 is 11.8 Å². The monoisotopic (exact) mass is 313 g/mol. The first kappa shape index (κ1) is 14.4. The number of rotatable bonds is 4. The van der Waals surface area contributed by atoms with E-state index in [1.54, 1.807) is 0 Å². The van der Waals surface area contributed by atoms with Crippen molar-refractivity contribution in [2.24, 2.45) is 0 Å². The summed E-state index contributed by atoms with van der Waals surface area (Å²) < 4.78 is 0. The highest BCUT2D eigenvalue weighted by Crippen LogP contribution is 2.46. The predicted octanol–water partition coefficient (Wildman–Crippen LogP) is 3.71. The number of hydrogen-bond donors (Lipinski definition) is 0. The number of para-hydroxylation sites is 1. The van der Waals surface area contributed by atoms with Crippen molar-refractivity contribution >= 4 is 17.4 Å². The smallest absolute Gasteiger partial charge is 0.0550 e. The summed E-state index contributed by atoms with van der Waals surface area (Å²) in [5.74, 6) is 0. The van der Waals surface area contributed by atoms with Crippen molar-refractivity contribution in [2.75, 3.05) is 38.1 Å². The maximum absolute atomic E-state index is 2.57. The van der Waals surface area contributed by atoms with Crippen LogP contribution in [0.15, 0.2) is 51.9 Å². The Bertz CT molecular complexity index is 623. The standard InChI is InChI=1S/C18H23N3S/c1-19-13-14-20(19)11-6-12-21-15-7-2-4-9-17(15)22-18-10-5-3-8-16(18)21/h2,4-5,7,9-10H,3,6,8,11-14H2,1H3. The average molecular weight is 313 g/mol. The van der Waals surface area contributed by atoms with Crippen molar-refractivity contribution in [3.05, 3.63) is 47.0 Å². The lowest BCUT2D eigenvalue weighted by molar-refractivity contribution is -0.0886. The van der Waals surface area contributed by atoms with Gasteiger partial charge in [-0.25, -0.2) is 10.0 Å². The van der Waals surface area contributed by atoms with Crippen molar-refractivity contribution in [1.29, 1.82) is 0 Å². The van der Waals surface area contributed by atoms with Gasteiger partial charge in [0.2, 0.25) is 0 Å². The maximum atomic E-state index is 2.57. The number of fused-ring (bicyclic) bond motifs is 1. The fourth-order valence-corrected chi connectivity index (χ4v) is 4.57. The largest absolute Gasteiger partial charge is 0.343 e. The Morgan fingerprint density at radius 2 is 2.05 bits per heavy atom. The van der Waals surface area contributed by atoms with Gasteiger partial charge in [0.1, 0.15) is 0 Å². The fourth-order valence-electron chi connectivity index (χ4n) is 3.41. The molecule has 1 aromatic rings. The van der Waals surface area contributed by atoms with Crippen molar-refractivity contribution in [2.45, 2.75) is 24.2 Å². The van der Waals surface area contributed by atoms with Gasteiger partial charge in [0.25, 0.3) is 0 Å². The van der Waals surface area contributed by atoms with Gasteiger partial charge in [0, 0.05) is 48.7 Å². The molecule has 4 heteroatoms. The van der Waals surface area contributed by atoms with E-state index < -0.39 is 0 Å². The lowest BCUT2D eigenvalue weighted by atomic mass is 10.1. The van der Waals surface area contributed by atoms with Crippen molar-refractivity contribution in [3.63, 3.8) is 0 Å². The second-order valence-electron chi connectivity index (χ2n) is 6.16. The van der Waals surface area contributed by atoms with Gasteiger partial charge in [-0.2, -0.15) is 0 Å². The Hall–Kier alpha value is -1.23. The Morgan fingerprint density at radius 1 is 1.14 bits per heavy atom. The molecule has 0 radical (unpaired) electrons. The molecular formula is C18H23N3S. The van der Waals surface area contributed by atoms with Crippen LogP contribution in [0, 0.1) is 0 Å². The van der Waals surface area contributed by atoms with Gasteiger partial charge in [-0.1, -0.05) is 36.0 Å². The van der Waals surface area contributed by atoms with E-state index in [4.69, 9.17) is 0 Å². The fraction of sp³-hybridized carbons (Fsp3) is 0.444. The van der Waals surface area contributed by atoms with E-state index in [9.17, 15) is 0 Å². The summed E-state index contributed by atoms with van der Waals surface area (Å²) >= 11 is 1.93. The second kappa shape index (κ2) is 6.11. The molecule has 0 N–H and O–H groups in total. The average Bonchev–Trinajstić information content (AvgIpc) is 2.56. The summed E-state index contributed by atoms with van der Waals surface area (Å²) in [4.78, 5) is 5.42. The molecule has 2 heterocycles. The maximum Gasteiger partial charge on any atom is 0.0550 e. The molecule has 2 aliphatic heterocycles. The molecule has 0 spiro atoms. The first-order chi connectivity index (χ1) is 10.8. The summed E-state index contributed by atoms with van der Waals surface area (Å²) in [5.41, 5.74) is 2.93. The van der Waals surface area contributed by atoms with E-state index in [1.165, 1.54) is 60.1 Å². The number of allylic oxidation sites excluding steroid dienone is 3. The minimum atomic E-state index is 1.12. The van der Waals surface area contributed by atoms with E-state index in [0.29, 0.717) is 0 Å². The zero-order valence-corrected chi connectivity index (χ0v) is 14.0. The molecule has 1 aliphatic carbocycles. The van der Waals surface area contributed by atoms with Gasteiger partial charge >= 0.3 is 0 Å². The molecule has 3 nitrogen and oxygen atoms in total. The van der Waals surface area contributed by atoms with Gasteiger partial charge < -0.3 is 4.90 Å². The third-order valence-electron chi connectivity index (χ3n) is 4.77. The van der Waals surface area contributed by atoms with E-state index in [2.05, 4.69) is 58.4 Å². The molecule has 116 valence electrons. The SMILES string of the molecule is CN1CCN1CCCN1C2=C(C=CCC2)Sc2ccccc21. The van der Waals surface area contributed by atoms with Crippen LogP contribution in [0.4, 0.5) is 5.69 Å². The van der Waals surface area contributed by atoms with Crippen LogP contribution in [-0.4, -0.2) is 43.2 Å². The molecular weight excluding hydrogens is 290 g/mol. The third kappa shape index (κ3) is 2.60. The first-order valence-electron chi connectivity index (χ1n) is 8.23. The van der Waals surface area contributed by atoms with Gasteiger partial charge in [0.15, 0.2) is 0 Å². The summed E-state index contributed by atoms with van der Waals surface area (Å²) in [6.07, 6.45) is 8.19. The number of thioether (sulfide) groups is 1. The van der Waals surface area contributed by atoms with Gasteiger partial charge in [-0.05, 0) is 31.4 Å². The van der Waals surface area contributed by atoms with Crippen molar-refractivity contribution in [1.82, 2.24) is 10.0 Å². The van der Waals surface area contributed by atoms with Crippen LogP contribution in [0.1, 0.15) is 19.3 Å². The molecule has 22 heavy (non-hydrogen) atoms. The van der Waals surface area contributed by atoms with E-state index in [-0.39, 0.29) is 0 Å². The van der Waals surface area contributed by atoms with Gasteiger partial charge in [0.05, 0.1) is 5.69 Å². The second-order valence-corrected chi connectivity index (χ2v) is 7.25. The van der Waals surface area contributed by atoms with E-state index >= 15 is 0 Å². The Kier molecular flexibility index (Phi) is 3.99. The van der Waals surface area contributed by atoms with E-state index in [1.807, 2.05) is 11.8 Å². The molecule has 1 saturated heterocycles. The van der Waals surface area contributed by atoms with E-state index in [0.717, 1.165) is 6.54 Å². The number of likely N-dealkylation sites (N-methyl/N-ethyl adjacent to an activating group) is 1. The molecule has 0 aromatic heterocycles. The number of nitrogens with zero attached hydrogens (tertiary/aromatic N) is 3.